The number of piperidine rings is 1. The lowest BCUT2D eigenvalue weighted by Crippen LogP contribution is -2.42. The SMILES string of the molecule is CO[C@@H]1C[CH]CN(C(C)=O)C1. The molecular formula is C8H14NO2. The third-order valence-corrected chi connectivity index (χ3v) is 1.98. The highest BCUT2D eigenvalue weighted by Gasteiger charge is 2.20. The standard InChI is InChI=1S/C8H14NO2/c1-7(10)9-5-3-4-8(6-9)11-2/h3,8H,4-6H2,1-2H3/t8-/m1/s1. The van der Waals surface area contributed by atoms with Crippen molar-refractivity contribution < 1.29 is 9.53 Å². The molecular weight excluding hydrogens is 142 g/mol. The number of likely N-dealkylation sites (tertiary alicyclic amines) is 1. The molecule has 1 atom stereocenters. The summed E-state index contributed by atoms with van der Waals surface area (Å²) >= 11 is 0. The minimum atomic E-state index is 0.128. The fourth-order valence-electron chi connectivity index (χ4n) is 1.24. The Kier molecular flexibility index (Phi) is 2.88. The fraction of sp³-hybridized carbons (Fsp3) is 0.750. The van der Waals surface area contributed by atoms with E-state index in [1.165, 1.54) is 0 Å². The van der Waals surface area contributed by atoms with E-state index < -0.39 is 0 Å². The van der Waals surface area contributed by atoms with E-state index in [4.69, 9.17) is 4.74 Å². The van der Waals surface area contributed by atoms with Crippen molar-refractivity contribution in [2.75, 3.05) is 20.2 Å². The predicted octanol–water partition coefficient (Wildman–Crippen LogP) is 0.458. The number of carbonyl (C=O) groups is 1. The zero-order chi connectivity index (χ0) is 8.27. The molecule has 0 aromatic carbocycles. The van der Waals surface area contributed by atoms with Gasteiger partial charge in [-0.15, -0.1) is 0 Å². The lowest BCUT2D eigenvalue weighted by molar-refractivity contribution is -0.131. The van der Waals surface area contributed by atoms with Gasteiger partial charge in [0.25, 0.3) is 0 Å². The number of methoxy groups -OCH3 is 1. The van der Waals surface area contributed by atoms with Gasteiger partial charge >= 0.3 is 0 Å². The van der Waals surface area contributed by atoms with Gasteiger partial charge in [-0.05, 0) is 12.8 Å². The molecule has 1 heterocycles. The van der Waals surface area contributed by atoms with E-state index in [1.54, 1.807) is 18.9 Å². The molecule has 1 aliphatic rings. The number of hydrogen-bond acceptors (Lipinski definition) is 2. The summed E-state index contributed by atoms with van der Waals surface area (Å²) in [5.74, 6) is 0.128. The summed E-state index contributed by atoms with van der Waals surface area (Å²) in [6.45, 7) is 3.10. The Morgan fingerprint density at radius 1 is 1.73 bits per heavy atom. The number of carbonyl (C=O) groups excluding carboxylic acids is 1. The monoisotopic (exact) mass is 156 g/mol. The molecule has 1 aliphatic heterocycles. The first kappa shape index (κ1) is 8.53. The van der Waals surface area contributed by atoms with E-state index in [9.17, 15) is 4.79 Å². The van der Waals surface area contributed by atoms with Crippen molar-refractivity contribution in [3.8, 4) is 0 Å². The lowest BCUT2D eigenvalue weighted by Gasteiger charge is -2.30. The molecule has 3 nitrogen and oxygen atoms in total. The zero-order valence-corrected chi connectivity index (χ0v) is 7.04. The molecule has 11 heavy (non-hydrogen) atoms. The minimum Gasteiger partial charge on any atom is -0.380 e. The van der Waals surface area contributed by atoms with E-state index in [2.05, 4.69) is 6.42 Å². The molecule has 1 amide bonds. The molecule has 1 radical (unpaired) electrons. The number of ether oxygens (including phenoxy) is 1. The molecule has 1 rings (SSSR count). The summed E-state index contributed by atoms with van der Waals surface area (Å²) < 4.78 is 5.15. The van der Waals surface area contributed by atoms with Crippen molar-refractivity contribution in [3.63, 3.8) is 0 Å². The van der Waals surface area contributed by atoms with Crippen LogP contribution in [0.3, 0.4) is 0 Å². The molecule has 0 saturated carbocycles. The maximum absolute atomic E-state index is 10.9. The van der Waals surface area contributed by atoms with Crippen molar-refractivity contribution in [1.82, 2.24) is 4.90 Å². The van der Waals surface area contributed by atoms with Gasteiger partial charge in [0.05, 0.1) is 6.10 Å². The smallest absolute Gasteiger partial charge is 0.219 e. The molecule has 0 N–H and O–H groups in total. The summed E-state index contributed by atoms with van der Waals surface area (Å²) in [6.07, 6.45) is 3.24. The largest absolute Gasteiger partial charge is 0.380 e. The van der Waals surface area contributed by atoms with Crippen LogP contribution in [0, 0.1) is 6.42 Å². The Balaban J connectivity index is 2.39. The first-order chi connectivity index (χ1) is 5.24. The van der Waals surface area contributed by atoms with Crippen molar-refractivity contribution in [3.05, 3.63) is 6.42 Å². The Labute approximate surface area is 67.3 Å². The highest BCUT2D eigenvalue weighted by molar-refractivity contribution is 5.73. The first-order valence-electron chi connectivity index (χ1n) is 3.84. The van der Waals surface area contributed by atoms with Gasteiger partial charge in [0.2, 0.25) is 5.91 Å². The number of rotatable bonds is 1. The van der Waals surface area contributed by atoms with Crippen molar-refractivity contribution in [1.29, 1.82) is 0 Å². The first-order valence-corrected chi connectivity index (χ1v) is 3.84. The molecule has 3 heteroatoms. The van der Waals surface area contributed by atoms with Gasteiger partial charge in [0.15, 0.2) is 0 Å². The summed E-state index contributed by atoms with van der Waals surface area (Å²) in [5.41, 5.74) is 0. The second kappa shape index (κ2) is 3.72. The normalized spacial score (nSPS) is 25.3. The van der Waals surface area contributed by atoms with Crippen molar-refractivity contribution in [2.24, 2.45) is 0 Å². The predicted molar refractivity (Wildman–Crippen MR) is 42.0 cm³/mol. The van der Waals surface area contributed by atoms with Gasteiger partial charge in [-0.2, -0.15) is 0 Å². The quantitative estimate of drug-likeness (QED) is 0.552. The van der Waals surface area contributed by atoms with E-state index in [-0.39, 0.29) is 12.0 Å². The molecule has 63 valence electrons. The summed E-state index contributed by atoms with van der Waals surface area (Å²) in [4.78, 5) is 12.7. The third-order valence-electron chi connectivity index (χ3n) is 1.98. The van der Waals surface area contributed by atoms with E-state index in [0.29, 0.717) is 0 Å². The average molecular weight is 156 g/mol. The lowest BCUT2D eigenvalue weighted by atomic mass is 10.1. The van der Waals surface area contributed by atoms with Crippen LogP contribution in [0.25, 0.3) is 0 Å². The van der Waals surface area contributed by atoms with Crippen LogP contribution in [0.5, 0.6) is 0 Å². The van der Waals surface area contributed by atoms with Crippen LogP contribution in [0.2, 0.25) is 0 Å². The molecule has 1 fully saturated rings. The second-order valence-corrected chi connectivity index (χ2v) is 2.81. The van der Waals surface area contributed by atoms with E-state index in [1.807, 2.05) is 0 Å². The average Bonchev–Trinajstić information content (AvgIpc) is 2.05. The van der Waals surface area contributed by atoms with Gasteiger partial charge in [-0.3, -0.25) is 4.79 Å². The summed E-state index contributed by atoms with van der Waals surface area (Å²) in [7, 11) is 1.68. The molecule has 0 aromatic heterocycles. The Morgan fingerprint density at radius 2 is 2.45 bits per heavy atom. The van der Waals surface area contributed by atoms with Gasteiger partial charge in [-0.1, -0.05) is 0 Å². The van der Waals surface area contributed by atoms with Crippen LogP contribution in [-0.2, 0) is 9.53 Å². The van der Waals surface area contributed by atoms with Gasteiger partial charge in [0.1, 0.15) is 0 Å². The van der Waals surface area contributed by atoms with Crippen LogP contribution in [0.15, 0.2) is 0 Å². The summed E-state index contributed by atoms with van der Waals surface area (Å²) in [5, 5.41) is 0. The summed E-state index contributed by atoms with van der Waals surface area (Å²) in [6, 6.07) is 0. The molecule has 0 aliphatic carbocycles. The third kappa shape index (κ3) is 2.19. The van der Waals surface area contributed by atoms with E-state index in [0.717, 1.165) is 19.5 Å². The number of amides is 1. The minimum absolute atomic E-state index is 0.128. The highest BCUT2D eigenvalue weighted by Crippen LogP contribution is 2.11. The van der Waals surface area contributed by atoms with Crippen LogP contribution in [0.4, 0.5) is 0 Å². The van der Waals surface area contributed by atoms with E-state index >= 15 is 0 Å². The van der Waals surface area contributed by atoms with Crippen LogP contribution in [0.1, 0.15) is 13.3 Å². The highest BCUT2D eigenvalue weighted by atomic mass is 16.5. The maximum atomic E-state index is 10.9. The zero-order valence-electron chi connectivity index (χ0n) is 7.04. The molecule has 0 unspecified atom stereocenters. The van der Waals surface area contributed by atoms with Gasteiger partial charge in [0, 0.05) is 27.1 Å². The Morgan fingerprint density at radius 3 is 3.00 bits per heavy atom. The van der Waals surface area contributed by atoms with Crippen LogP contribution < -0.4 is 0 Å². The maximum Gasteiger partial charge on any atom is 0.219 e. The molecule has 0 spiro atoms. The molecule has 0 aromatic rings. The fourth-order valence-corrected chi connectivity index (χ4v) is 1.24. The second-order valence-electron chi connectivity index (χ2n) is 2.81. The Hall–Kier alpha value is -0.570. The number of hydrogen-bond donors (Lipinski definition) is 0. The van der Waals surface area contributed by atoms with Crippen molar-refractivity contribution >= 4 is 5.91 Å². The Bertz CT molecular complexity index is 147. The topological polar surface area (TPSA) is 29.5 Å². The molecule has 1 saturated heterocycles. The number of nitrogens with zero attached hydrogens (tertiary/aromatic N) is 1. The van der Waals surface area contributed by atoms with Crippen LogP contribution in [-0.4, -0.2) is 37.1 Å². The van der Waals surface area contributed by atoms with Gasteiger partial charge in [-0.25, -0.2) is 0 Å². The van der Waals surface area contributed by atoms with Crippen molar-refractivity contribution in [2.45, 2.75) is 19.4 Å². The van der Waals surface area contributed by atoms with Crippen LogP contribution >= 0.6 is 0 Å². The van der Waals surface area contributed by atoms with Gasteiger partial charge < -0.3 is 9.64 Å². The molecule has 0 bridgehead atoms.